The van der Waals surface area contributed by atoms with Crippen LogP contribution in [0.15, 0.2) is 24.3 Å². The Morgan fingerprint density at radius 3 is 2.74 bits per heavy atom. The van der Waals surface area contributed by atoms with E-state index in [1.165, 1.54) is 6.07 Å². The molecule has 0 aliphatic rings. The van der Waals surface area contributed by atoms with E-state index in [1.54, 1.807) is 25.1 Å². The number of aliphatic hydroxyl groups is 1. The Labute approximate surface area is 123 Å². The first-order valence-corrected chi connectivity index (χ1v) is 6.80. The fourth-order valence-electron chi connectivity index (χ4n) is 1.35. The lowest BCUT2D eigenvalue weighted by molar-refractivity contribution is -0.147. The highest BCUT2D eigenvalue weighted by Gasteiger charge is 2.21. The Morgan fingerprint density at radius 2 is 2.16 bits per heavy atom. The molecule has 1 amide bonds. The number of esters is 1. The summed E-state index contributed by atoms with van der Waals surface area (Å²) in [6.45, 7) is 1.66. The van der Waals surface area contributed by atoms with Gasteiger partial charge in [0.15, 0.2) is 4.11 Å². The molecule has 0 spiro atoms. The van der Waals surface area contributed by atoms with Crippen LogP contribution in [0.2, 0.25) is 0 Å². The quantitative estimate of drug-likeness (QED) is 0.415. The van der Waals surface area contributed by atoms with Gasteiger partial charge in [-0.25, -0.2) is 4.79 Å². The van der Waals surface area contributed by atoms with Crippen molar-refractivity contribution in [1.29, 1.82) is 0 Å². The van der Waals surface area contributed by atoms with Crippen LogP contribution < -0.4 is 5.32 Å². The number of halogens is 1. The van der Waals surface area contributed by atoms with Crippen LogP contribution in [-0.4, -0.2) is 26.4 Å². The van der Waals surface area contributed by atoms with Crippen molar-refractivity contribution in [2.24, 2.45) is 0 Å². The minimum atomic E-state index is -1.19. The normalized spacial score (nSPS) is 13.4. The number of alkyl halides is 1. The lowest BCUT2D eigenvalue weighted by Crippen LogP contribution is -2.19. The zero-order valence-corrected chi connectivity index (χ0v) is 12.3. The molecule has 7 heteroatoms. The second-order valence-electron chi connectivity index (χ2n) is 3.70. The van der Waals surface area contributed by atoms with Gasteiger partial charge in [-0.05, 0) is 40.3 Å². The first-order chi connectivity index (χ1) is 8.93. The summed E-state index contributed by atoms with van der Waals surface area (Å²) in [5, 5.41) is 20.8. The SMILES string of the molecule is CCC(=O)OC(I)C(O)c1cccc(NC(=O)O)c1. The maximum Gasteiger partial charge on any atom is 0.409 e. The number of ether oxygens (including phenoxy) is 1. The molecule has 6 nitrogen and oxygen atoms in total. The Kier molecular flexibility index (Phi) is 6.03. The Morgan fingerprint density at radius 1 is 1.47 bits per heavy atom. The van der Waals surface area contributed by atoms with Crippen LogP contribution in [-0.2, 0) is 9.53 Å². The summed E-state index contributed by atoms with van der Waals surface area (Å²) < 4.78 is 4.27. The van der Waals surface area contributed by atoms with Crippen LogP contribution in [0.1, 0.15) is 25.0 Å². The number of carbonyl (C=O) groups excluding carboxylic acids is 1. The van der Waals surface area contributed by atoms with Gasteiger partial charge in [0.2, 0.25) is 0 Å². The zero-order chi connectivity index (χ0) is 14.4. The number of rotatable bonds is 5. The fourth-order valence-corrected chi connectivity index (χ4v) is 2.05. The monoisotopic (exact) mass is 379 g/mol. The van der Waals surface area contributed by atoms with Gasteiger partial charge >= 0.3 is 12.1 Å². The first kappa shape index (κ1) is 15.7. The van der Waals surface area contributed by atoms with Gasteiger partial charge in [-0.1, -0.05) is 19.1 Å². The number of anilines is 1. The molecule has 104 valence electrons. The fraction of sp³-hybridized carbons (Fsp3) is 0.333. The van der Waals surface area contributed by atoms with E-state index in [2.05, 4.69) is 5.32 Å². The summed E-state index contributed by atoms with van der Waals surface area (Å²) in [5.41, 5.74) is 0.809. The number of hydrogen-bond acceptors (Lipinski definition) is 4. The predicted molar refractivity (Wildman–Crippen MR) is 77.2 cm³/mol. The number of hydrogen-bond donors (Lipinski definition) is 3. The molecule has 0 aliphatic heterocycles. The van der Waals surface area contributed by atoms with Crippen molar-refractivity contribution in [1.82, 2.24) is 0 Å². The third-order valence-corrected chi connectivity index (χ3v) is 3.20. The topological polar surface area (TPSA) is 95.9 Å². The summed E-state index contributed by atoms with van der Waals surface area (Å²) in [5.74, 6) is -0.404. The molecule has 0 saturated heterocycles. The molecule has 0 bridgehead atoms. The number of amides is 1. The van der Waals surface area contributed by atoms with E-state index in [4.69, 9.17) is 9.84 Å². The van der Waals surface area contributed by atoms with E-state index in [9.17, 15) is 14.7 Å². The molecule has 0 radical (unpaired) electrons. The van der Waals surface area contributed by atoms with Gasteiger partial charge in [-0.3, -0.25) is 10.1 Å². The molecular weight excluding hydrogens is 365 g/mol. The summed E-state index contributed by atoms with van der Waals surface area (Å²) in [6.07, 6.45) is -1.98. The molecule has 0 aliphatic carbocycles. The molecule has 0 fully saturated rings. The van der Waals surface area contributed by atoms with Crippen LogP contribution in [0.3, 0.4) is 0 Å². The van der Waals surface area contributed by atoms with Crippen LogP contribution in [0.25, 0.3) is 0 Å². The van der Waals surface area contributed by atoms with Crippen molar-refractivity contribution in [3.63, 3.8) is 0 Å². The van der Waals surface area contributed by atoms with Gasteiger partial charge < -0.3 is 14.9 Å². The number of carbonyl (C=O) groups is 2. The molecule has 0 saturated carbocycles. The third-order valence-electron chi connectivity index (χ3n) is 2.26. The predicted octanol–water partition coefficient (Wildman–Crippen LogP) is 2.52. The largest absolute Gasteiger partial charge is 0.465 e. The van der Waals surface area contributed by atoms with Crippen LogP contribution in [0.5, 0.6) is 0 Å². The number of carboxylic acid groups (broad SMARTS) is 1. The summed E-state index contributed by atoms with van der Waals surface area (Å²) >= 11 is 1.82. The maximum atomic E-state index is 11.1. The molecule has 1 aromatic carbocycles. The second kappa shape index (κ2) is 7.29. The zero-order valence-electron chi connectivity index (χ0n) is 10.2. The molecule has 2 unspecified atom stereocenters. The van der Waals surface area contributed by atoms with Gasteiger partial charge in [-0.15, -0.1) is 0 Å². The number of nitrogens with one attached hydrogen (secondary N) is 1. The first-order valence-electron chi connectivity index (χ1n) is 5.55. The van der Waals surface area contributed by atoms with Gasteiger partial charge in [0.05, 0.1) is 0 Å². The Balaban J connectivity index is 2.78. The number of benzene rings is 1. The molecule has 0 aromatic heterocycles. The highest BCUT2D eigenvalue weighted by molar-refractivity contribution is 14.1. The minimum Gasteiger partial charge on any atom is -0.465 e. The van der Waals surface area contributed by atoms with E-state index in [0.29, 0.717) is 11.3 Å². The molecule has 1 rings (SSSR count). The maximum absolute atomic E-state index is 11.1. The van der Waals surface area contributed by atoms with Gasteiger partial charge in [0.25, 0.3) is 0 Å². The van der Waals surface area contributed by atoms with E-state index in [0.717, 1.165) is 0 Å². The van der Waals surface area contributed by atoms with Gasteiger partial charge in [0.1, 0.15) is 6.10 Å². The minimum absolute atomic E-state index is 0.229. The van der Waals surface area contributed by atoms with Gasteiger partial charge in [0, 0.05) is 12.1 Å². The lowest BCUT2D eigenvalue weighted by Gasteiger charge is -2.18. The van der Waals surface area contributed by atoms with Crippen molar-refractivity contribution in [2.75, 3.05) is 5.32 Å². The van der Waals surface area contributed by atoms with Crippen molar-refractivity contribution < 1.29 is 24.5 Å². The van der Waals surface area contributed by atoms with Gasteiger partial charge in [-0.2, -0.15) is 0 Å². The van der Waals surface area contributed by atoms with Crippen molar-refractivity contribution in [2.45, 2.75) is 23.6 Å². The van der Waals surface area contributed by atoms with E-state index in [-0.39, 0.29) is 6.42 Å². The average molecular weight is 379 g/mol. The highest BCUT2D eigenvalue weighted by Crippen LogP contribution is 2.26. The van der Waals surface area contributed by atoms with Crippen molar-refractivity contribution >= 4 is 40.3 Å². The van der Waals surface area contributed by atoms with Crippen LogP contribution in [0, 0.1) is 0 Å². The van der Waals surface area contributed by atoms with Crippen molar-refractivity contribution in [3.05, 3.63) is 29.8 Å². The molecule has 2 atom stereocenters. The van der Waals surface area contributed by atoms with E-state index < -0.39 is 22.3 Å². The standard InChI is InChI=1S/C12H14INO5/c1-2-9(15)19-11(13)10(16)7-4-3-5-8(6-7)14-12(17)18/h3-6,10-11,14,16H,2H2,1H3,(H,17,18). The molecule has 19 heavy (non-hydrogen) atoms. The molecular formula is C12H14INO5. The molecule has 1 aromatic rings. The van der Waals surface area contributed by atoms with Crippen LogP contribution >= 0.6 is 22.6 Å². The van der Waals surface area contributed by atoms with E-state index >= 15 is 0 Å². The Hall–Kier alpha value is -1.35. The average Bonchev–Trinajstić information content (AvgIpc) is 2.37. The Bertz CT molecular complexity index is 465. The lowest BCUT2D eigenvalue weighted by atomic mass is 10.1. The number of aliphatic hydroxyl groups excluding tert-OH is 1. The van der Waals surface area contributed by atoms with Crippen molar-refractivity contribution in [3.8, 4) is 0 Å². The second-order valence-corrected chi connectivity index (χ2v) is 4.92. The molecule has 0 heterocycles. The summed E-state index contributed by atoms with van der Waals surface area (Å²) in [4.78, 5) is 21.7. The van der Waals surface area contributed by atoms with E-state index in [1.807, 2.05) is 22.6 Å². The highest BCUT2D eigenvalue weighted by atomic mass is 127. The van der Waals surface area contributed by atoms with Crippen LogP contribution in [0.4, 0.5) is 10.5 Å². The molecule has 3 N–H and O–H groups in total. The summed E-state index contributed by atoms with van der Waals surface area (Å²) in [7, 11) is 0. The smallest absolute Gasteiger partial charge is 0.409 e. The summed E-state index contributed by atoms with van der Waals surface area (Å²) in [6, 6.07) is 6.28. The third kappa shape index (κ3) is 5.03.